The van der Waals surface area contributed by atoms with E-state index in [2.05, 4.69) is 35.4 Å². The number of rotatable bonds is 6. The Morgan fingerprint density at radius 3 is 2.56 bits per heavy atom. The number of amides is 2. The number of methoxy groups -OCH3 is 1. The van der Waals surface area contributed by atoms with Gasteiger partial charge in [0.15, 0.2) is 0 Å². The van der Waals surface area contributed by atoms with Crippen LogP contribution in [0, 0.1) is 0 Å². The highest BCUT2D eigenvalue weighted by Gasteiger charge is 2.28. The topological polar surface area (TPSA) is 62.8 Å². The molecule has 0 atom stereocenters. The van der Waals surface area contributed by atoms with Crippen molar-refractivity contribution < 1.29 is 14.3 Å². The number of ether oxygens (including phenoxy) is 2. The number of nitrogens with zero attached hydrogens (tertiary/aromatic N) is 1. The predicted molar refractivity (Wildman–Crippen MR) is 107 cm³/mol. The molecular weight excluding hydrogens is 342 g/mol. The average Bonchev–Trinajstić information content (AvgIpc) is 2.71. The van der Waals surface area contributed by atoms with E-state index in [-0.39, 0.29) is 11.6 Å². The summed E-state index contributed by atoms with van der Waals surface area (Å²) in [4.78, 5) is 14.6. The fourth-order valence-corrected chi connectivity index (χ4v) is 3.33. The summed E-state index contributed by atoms with van der Waals surface area (Å²) in [5, 5.41) is 8.19. The zero-order chi connectivity index (χ0) is 19.3. The van der Waals surface area contributed by atoms with Gasteiger partial charge in [-0.2, -0.15) is 0 Å². The van der Waals surface area contributed by atoms with Gasteiger partial charge in [-0.3, -0.25) is 4.90 Å². The Morgan fingerprint density at radius 2 is 1.81 bits per heavy atom. The summed E-state index contributed by atoms with van der Waals surface area (Å²) in [5.74, 6) is 0.843. The zero-order valence-corrected chi connectivity index (χ0v) is 16.4. The highest BCUT2D eigenvalue weighted by molar-refractivity contribution is 5.84. The molecule has 2 amide bonds. The lowest BCUT2D eigenvalue weighted by molar-refractivity contribution is -0.00874. The maximum atomic E-state index is 12.2. The molecule has 0 aromatic heterocycles. The Bertz CT molecular complexity index is 785. The van der Waals surface area contributed by atoms with Crippen molar-refractivity contribution in [1.29, 1.82) is 0 Å². The van der Waals surface area contributed by atoms with Crippen LogP contribution in [0.15, 0.2) is 36.4 Å². The lowest BCUT2D eigenvalue weighted by atomic mass is 10.0. The minimum atomic E-state index is -0.147. The van der Waals surface area contributed by atoms with E-state index < -0.39 is 0 Å². The Kier molecular flexibility index (Phi) is 6.19. The molecule has 0 radical (unpaired) electrons. The van der Waals surface area contributed by atoms with E-state index in [1.54, 1.807) is 7.11 Å². The summed E-state index contributed by atoms with van der Waals surface area (Å²) in [5.41, 5.74) is 0.971. The van der Waals surface area contributed by atoms with E-state index in [0.29, 0.717) is 13.1 Å². The molecule has 0 saturated carbocycles. The minimum Gasteiger partial charge on any atom is -0.497 e. The molecule has 146 valence electrons. The van der Waals surface area contributed by atoms with Gasteiger partial charge in [-0.1, -0.05) is 18.2 Å². The van der Waals surface area contributed by atoms with Crippen LogP contribution in [0.5, 0.6) is 5.75 Å². The highest BCUT2D eigenvalue weighted by Crippen LogP contribution is 2.21. The zero-order valence-electron chi connectivity index (χ0n) is 16.4. The van der Waals surface area contributed by atoms with Crippen LogP contribution < -0.4 is 15.4 Å². The third kappa shape index (κ3) is 5.11. The Hall–Kier alpha value is -2.31. The first-order valence-corrected chi connectivity index (χ1v) is 9.39. The first kappa shape index (κ1) is 19.5. The van der Waals surface area contributed by atoms with Gasteiger partial charge in [0.2, 0.25) is 0 Å². The molecule has 0 bridgehead atoms. The number of benzene rings is 2. The molecule has 0 aliphatic carbocycles. The maximum Gasteiger partial charge on any atom is 0.315 e. The van der Waals surface area contributed by atoms with E-state index in [1.807, 2.05) is 30.3 Å². The monoisotopic (exact) mass is 371 g/mol. The van der Waals surface area contributed by atoms with Crippen molar-refractivity contribution in [2.75, 3.05) is 40.0 Å². The number of carbonyl (C=O) groups is 1. The van der Waals surface area contributed by atoms with E-state index in [4.69, 9.17) is 9.47 Å². The van der Waals surface area contributed by atoms with Gasteiger partial charge < -0.3 is 20.1 Å². The summed E-state index contributed by atoms with van der Waals surface area (Å²) >= 11 is 0. The number of carbonyl (C=O) groups excluding carboxylic acids is 1. The lowest BCUT2D eigenvalue weighted by Gasteiger charge is -2.40. The predicted octanol–water partition coefficient (Wildman–Crippen LogP) is 2.76. The quantitative estimate of drug-likeness (QED) is 0.820. The van der Waals surface area contributed by atoms with Crippen molar-refractivity contribution in [2.24, 2.45) is 0 Å². The molecule has 2 aromatic rings. The number of nitrogens with one attached hydrogen (secondary N) is 2. The molecule has 0 spiro atoms. The van der Waals surface area contributed by atoms with Crippen LogP contribution in [0.1, 0.15) is 19.4 Å². The standard InChI is InChI=1S/C21H29N3O3/c1-21(2,24-8-10-27-11-9-24)15-23-20(25)22-14-16-4-5-18-13-19(26-3)7-6-17(18)12-16/h4-7,12-13H,8-11,14-15H2,1-3H3,(H2,22,23,25). The number of hydrogen-bond donors (Lipinski definition) is 2. The van der Waals surface area contributed by atoms with Crippen LogP contribution in [0.3, 0.4) is 0 Å². The van der Waals surface area contributed by atoms with Crippen molar-refractivity contribution in [3.05, 3.63) is 42.0 Å². The second-order valence-electron chi connectivity index (χ2n) is 7.50. The molecule has 6 nitrogen and oxygen atoms in total. The number of hydrogen-bond acceptors (Lipinski definition) is 4. The molecule has 1 aliphatic rings. The first-order valence-electron chi connectivity index (χ1n) is 9.39. The molecule has 1 aliphatic heterocycles. The maximum absolute atomic E-state index is 12.2. The Labute approximate surface area is 160 Å². The van der Waals surface area contributed by atoms with Crippen molar-refractivity contribution in [3.63, 3.8) is 0 Å². The van der Waals surface area contributed by atoms with E-state index in [1.165, 1.54) is 0 Å². The number of morpholine rings is 1. The smallest absolute Gasteiger partial charge is 0.315 e. The first-order chi connectivity index (χ1) is 13.0. The van der Waals surface area contributed by atoms with E-state index >= 15 is 0 Å². The number of fused-ring (bicyclic) bond motifs is 1. The van der Waals surface area contributed by atoms with Gasteiger partial charge in [-0.25, -0.2) is 4.79 Å². The molecule has 1 heterocycles. The lowest BCUT2D eigenvalue weighted by Crippen LogP contribution is -2.56. The van der Waals surface area contributed by atoms with Gasteiger partial charge in [-0.15, -0.1) is 0 Å². The van der Waals surface area contributed by atoms with E-state index in [0.717, 1.165) is 48.4 Å². The summed E-state index contributed by atoms with van der Waals surface area (Å²) in [6, 6.07) is 12.0. The second kappa shape index (κ2) is 8.59. The van der Waals surface area contributed by atoms with Crippen LogP contribution in [-0.2, 0) is 11.3 Å². The van der Waals surface area contributed by atoms with Crippen LogP contribution in [0.2, 0.25) is 0 Å². The summed E-state index contributed by atoms with van der Waals surface area (Å²) in [6.45, 7) is 8.69. The van der Waals surface area contributed by atoms with Gasteiger partial charge in [0.25, 0.3) is 0 Å². The third-order valence-corrected chi connectivity index (χ3v) is 5.11. The molecule has 1 saturated heterocycles. The molecular formula is C21H29N3O3. The van der Waals surface area contributed by atoms with Gasteiger partial charge >= 0.3 is 6.03 Å². The Balaban J connectivity index is 1.50. The SMILES string of the molecule is COc1ccc2cc(CNC(=O)NCC(C)(C)N3CCOCC3)ccc2c1. The molecule has 1 fully saturated rings. The van der Waals surface area contributed by atoms with Crippen LogP contribution in [-0.4, -0.2) is 56.4 Å². The minimum absolute atomic E-state index is 0.0941. The highest BCUT2D eigenvalue weighted by atomic mass is 16.5. The fraction of sp³-hybridized carbons (Fsp3) is 0.476. The second-order valence-corrected chi connectivity index (χ2v) is 7.50. The fourth-order valence-electron chi connectivity index (χ4n) is 3.33. The third-order valence-electron chi connectivity index (χ3n) is 5.11. The Morgan fingerprint density at radius 1 is 1.11 bits per heavy atom. The van der Waals surface area contributed by atoms with Gasteiger partial charge in [0, 0.05) is 31.7 Å². The molecule has 6 heteroatoms. The van der Waals surface area contributed by atoms with Gasteiger partial charge in [-0.05, 0) is 48.4 Å². The molecule has 2 aromatic carbocycles. The molecule has 3 rings (SSSR count). The van der Waals surface area contributed by atoms with Crippen LogP contribution in [0.25, 0.3) is 10.8 Å². The largest absolute Gasteiger partial charge is 0.497 e. The summed E-state index contributed by atoms with van der Waals surface area (Å²) in [7, 11) is 1.67. The van der Waals surface area contributed by atoms with Gasteiger partial charge in [0.1, 0.15) is 5.75 Å². The summed E-state index contributed by atoms with van der Waals surface area (Å²) < 4.78 is 10.7. The van der Waals surface area contributed by atoms with Gasteiger partial charge in [0.05, 0.1) is 20.3 Å². The van der Waals surface area contributed by atoms with Crippen LogP contribution >= 0.6 is 0 Å². The average molecular weight is 371 g/mol. The van der Waals surface area contributed by atoms with Crippen molar-refractivity contribution in [1.82, 2.24) is 15.5 Å². The van der Waals surface area contributed by atoms with Crippen molar-refractivity contribution in [3.8, 4) is 5.75 Å². The van der Waals surface area contributed by atoms with Crippen molar-refractivity contribution in [2.45, 2.75) is 25.9 Å². The molecule has 0 unspecified atom stereocenters. The molecule has 2 N–H and O–H groups in total. The summed E-state index contributed by atoms with van der Waals surface area (Å²) in [6.07, 6.45) is 0. The van der Waals surface area contributed by atoms with E-state index in [9.17, 15) is 4.79 Å². The van der Waals surface area contributed by atoms with Crippen molar-refractivity contribution >= 4 is 16.8 Å². The molecule has 27 heavy (non-hydrogen) atoms. The normalized spacial score (nSPS) is 15.5. The number of urea groups is 1. The van der Waals surface area contributed by atoms with Crippen LogP contribution in [0.4, 0.5) is 4.79 Å².